The van der Waals surface area contributed by atoms with Crippen molar-refractivity contribution in [1.29, 1.82) is 0 Å². The molecule has 1 aliphatic carbocycles. The van der Waals surface area contributed by atoms with Crippen LogP contribution in [0.3, 0.4) is 0 Å². The second-order valence-corrected chi connectivity index (χ2v) is 7.29. The number of aliphatic imine (C=N–C) groups is 1. The molecule has 0 spiro atoms. The number of halogens is 2. The number of amides is 2. The highest BCUT2D eigenvalue weighted by atomic mass is 127. The molecular weight excluding hydrogens is 488 g/mol. The summed E-state index contributed by atoms with van der Waals surface area (Å²) in [4.78, 5) is 30.7. The monoisotopic (exact) mass is 519 g/mol. The number of carbonyl (C=O) groups excluding carboxylic acids is 2. The smallest absolute Gasteiger partial charge is 0.246 e. The zero-order chi connectivity index (χ0) is 20.6. The minimum absolute atomic E-state index is 0. The van der Waals surface area contributed by atoms with Crippen molar-refractivity contribution < 1.29 is 14.0 Å². The number of nitrogens with zero attached hydrogens (tertiary/aromatic N) is 2. The summed E-state index contributed by atoms with van der Waals surface area (Å²) >= 11 is 0. The molecule has 2 rings (SSSR count). The zero-order valence-corrected chi connectivity index (χ0v) is 19.6. The third-order valence-corrected chi connectivity index (χ3v) is 4.87. The van der Waals surface area contributed by atoms with E-state index >= 15 is 0 Å². The van der Waals surface area contributed by atoms with Crippen molar-refractivity contribution in [2.45, 2.75) is 32.6 Å². The van der Waals surface area contributed by atoms with Crippen LogP contribution in [-0.4, -0.2) is 56.4 Å². The van der Waals surface area contributed by atoms with E-state index in [-0.39, 0.29) is 48.2 Å². The van der Waals surface area contributed by atoms with Crippen LogP contribution in [0.15, 0.2) is 29.3 Å². The molecule has 0 radical (unpaired) electrons. The second kappa shape index (κ2) is 11.9. The number of guanidine groups is 1. The number of benzene rings is 1. The fourth-order valence-corrected chi connectivity index (χ4v) is 3.47. The molecule has 3 N–H and O–H groups in total. The van der Waals surface area contributed by atoms with Gasteiger partial charge in [-0.05, 0) is 44.0 Å². The van der Waals surface area contributed by atoms with Crippen LogP contribution in [0.25, 0.3) is 0 Å². The molecule has 0 bridgehead atoms. The average Bonchev–Trinajstić information content (AvgIpc) is 3.15. The molecule has 0 saturated heterocycles. The highest BCUT2D eigenvalue weighted by molar-refractivity contribution is 14.0. The van der Waals surface area contributed by atoms with Crippen LogP contribution < -0.4 is 16.0 Å². The van der Waals surface area contributed by atoms with Gasteiger partial charge in [-0.25, -0.2) is 9.38 Å². The van der Waals surface area contributed by atoms with E-state index in [9.17, 15) is 14.0 Å². The van der Waals surface area contributed by atoms with Crippen LogP contribution in [0.4, 0.5) is 10.1 Å². The lowest BCUT2D eigenvalue weighted by molar-refractivity contribution is -0.138. The normalized spacial score (nSPS) is 15.2. The summed E-state index contributed by atoms with van der Waals surface area (Å²) in [6.45, 7) is 2.98. The molecule has 0 unspecified atom stereocenters. The third kappa shape index (κ3) is 7.45. The lowest BCUT2D eigenvalue weighted by Gasteiger charge is -2.31. The minimum atomic E-state index is -0.421. The van der Waals surface area contributed by atoms with Crippen LogP contribution in [-0.2, 0) is 9.59 Å². The Bertz CT molecular complexity index is 703. The highest BCUT2D eigenvalue weighted by Gasteiger charge is 2.42. The molecule has 0 aliphatic heterocycles. The molecule has 1 saturated carbocycles. The van der Waals surface area contributed by atoms with Crippen LogP contribution in [0.5, 0.6) is 0 Å². The number of rotatable bonds is 7. The molecule has 1 aromatic carbocycles. The van der Waals surface area contributed by atoms with Gasteiger partial charge in [-0.2, -0.15) is 0 Å². The molecule has 2 amide bonds. The van der Waals surface area contributed by atoms with Crippen molar-refractivity contribution in [3.8, 4) is 0 Å². The molecule has 0 heterocycles. The quantitative estimate of drug-likeness (QED) is 0.294. The van der Waals surface area contributed by atoms with Gasteiger partial charge in [-0.3, -0.25) is 9.59 Å². The van der Waals surface area contributed by atoms with Crippen molar-refractivity contribution >= 4 is 47.4 Å². The van der Waals surface area contributed by atoms with Gasteiger partial charge in [0.05, 0.1) is 5.41 Å². The predicted molar refractivity (Wildman–Crippen MR) is 124 cm³/mol. The number of hydrogen-bond acceptors (Lipinski definition) is 3. The Morgan fingerprint density at radius 2 is 1.76 bits per heavy atom. The first-order chi connectivity index (χ1) is 13.4. The van der Waals surface area contributed by atoms with E-state index in [0.717, 1.165) is 25.7 Å². The molecule has 1 aliphatic rings. The van der Waals surface area contributed by atoms with Gasteiger partial charge in [-0.15, -0.1) is 24.0 Å². The summed E-state index contributed by atoms with van der Waals surface area (Å²) in [6, 6.07) is 5.56. The molecule has 1 fully saturated rings. The van der Waals surface area contributed by atoms with E-state index in [4.69, 9.17) is 0 Å². The fraction of sp³-hybridized carbons (Fsp3) is 0.550. The summed E-state index contributed by atoms with van der Waals surface area (Å²) in [5.41, 5.74) is 0.0943. The number of carbonyl (C=O) groups is 2. The third-order valence-electron chi connectivity index (χ3n) is 4.87. The van der Waals surface area contributed by atoms with E-state index in [0.29, 0.717) is 24.7 Å². The molecule has 162 valence electrons. The molecule has 29 heavy (non-hydrogen) atoms. The molecule has 1 aromatic rings. The fourth-order valence-electron chi connectivity index (χ4n) is 3.47. The lowest BCUT2D eigenvalue weighted by Crippen LogP contribution is -2.49. The van der Waals surface area contributed by atoms with Gasteiger partial charge in [0.25, 0.3) is 0 Å². The molecule has 0 atom stereocenters. The largest absolute Gasteiger partial charge is 0.357 e. The summed E-state index contributed by atoms with van der Waals surface area (Å²) in [5.74, 6) is -0.0384. The van der Waals surface area contributed by atoms with Crippen LogP contribution in [0.1, 0.15) is 32.6 Å². The average molecular weight is 519 g/mol. The van der Waals surface area contributed by atoms with Gasteiger partial charge in [-0.1, -0.05) is 12.8 Å². The maximum atomic E-state index is 12.9. The molecular formula is C20H31FIN5O2. The summed E-state index contributed by atoms with van der Waals surface area (Å²) in [7, 11) is 3.56. The summed E-state index contributed by atoms with van der Waals surface area (Å²) < 4.78 is 12.9. The van der Waals surface area contributed by atoms with Gasteiger partial charge in [0, 0.05) is 32.9 Å². The highest BCUT2D eigenvalue weighted by Crippen LogP contribution is 2.38. The Balaban J connectivity index is 0.00000420. The van der Waals surface area contributed by atoms with Crippen molar-refractivity contribution in [3.05, 3.63) is 30.1 Å². The zero-order valence-electron chi connectivity index (χ0n) is 17.3. The minimum Gasteiger partial charge on any atom is -0.357 e. The van der Waals surface area contributed by atoms with Crippen molar-refractivity contribution in [1.82, 2.24) is 15.5 Å². The van der Waals surface area contributed by atoms with E-state index in [1.54, 1.807) is 19.0 Å². The Morgan fingerprint density at radius 3 is 2.31 bits per heavy atom. The Hall–Kier alpha value is -1.91. The Labute approximate surface area is 188 Å². The van der Waals surface area contributed by atoms with E-state index in [1.807, 2.05) is 6.92 Å². The maximum Gasteiger partial charge on any atom is 0.246 e. The number of anilines is 1. The first-order valence-electron chi connectivity index (χ1n) is 9.65. The molecule has 0 aromatic heterocycles. The number of hydrogen-bond donors (Lipinski definition) is 3. The molecule has 9 heteroatoms. The standard InChI is InChI=1S/C20H30FN5O2.HI/c1-4-22-19(23-13-17(27)25-16-9-7-15(21)8-10-16)24-14-20(11-5-6-12-20)18(28)26(2)3;/h7-10H,4-6,11-14H2,1-3H3,(H,25,27)(H2,22,23,24);1H. The van der Waals surface area contributed by atoms with E-state index in [1.165, 1.54) is 24.3 Å². The topological polar surface area (TPSA) is 85.8 Å². The van der Waals surface area contributed by atoms with Crippen molar-refractivity contribution in [3.63, 3.8) is 0 Å². The second-order valence-electron chi connectivity index (χ2n) is 7.29. The van der Waals surface area contributed by atoms with Gasteiger partial charge < -0.3 is 20.9 Å². The first kappa shape index (κ1) is 25.1. The lowest BCUT2D eigenvalue weighted by atomic mass is 9.84. The van der Waals surface area contributed by atoms with Gasteiger partial charge in [0.2, 0.25) is 11.8 Å². The molecule has 7 nitrogen and oxygen atoms in total. The maximum absolute atomic E-state index is 12.9. The van der Waals surface area contributed by atoms with E-state index in [2.05, 4.69) is 20.9 Å². The van der Waals surface area contributed by atoms with Crippen LogP contribution in [0.2, 0.25) is 0 Å². The summed E-state index contributed by atoms with van der Waals surface area (Å²) in [6.07, 6.45) is 3.77. The SMILES string of the molecule is CCNC(=NCC(=O)Nc1ccc(F)cc1)NCC1(C(=O)N(C)C)CCCC1.I. The van der Waals surface area contributed by atoms with Crippen LogP contribution in [0, 0.1) is 11.2 Å². The van der Waals surface area contributed by atoms with Gasteiger partial charge >= 0.3 is 0 Å². The first-order valence-corrected chi connectivity index (χ1v) is 9.65. The van der Waals surface area contributed by atoms with Crippen molar-refractivity contribution in [2.24, 2.45) is 10.4 Å². The van der Waals surface area contributed by atoms with Crippen LogP contribution >= 0.6 is 24.0 Å². The Kier molecular flexibility index (Phi) is 10.3. The van der Waals surface area contributed by atoms with Gasteiger partial charge in [0.15, 0.2) is 5.96 Å². The summed E-state index contributed by atoms with van der Waals surface area (Å²) in [5, 5.41) is 9.01. The Morgan fingerprint density at radius 1 is 1.14 bits per heavy atom. The van der Waals surface area contributed by atoms with E-state index < -0.39 is 5.41 Å². The van der Waals surface area contributed by atoms with Gasteiger partial charge in [0.1, 0.15) is 12.4 Å². The number of nitrogens with one attached hydrogen (secondary N) is 3. The van der Waals surface area contributed by atoms with Crippen molar-refractivity contribution in [2.75, 3.05) is 39.0 Å². The predicted octanol–water partition coefficient (Wildman–Crippen LogP) is 2.59.